The van der Waals surface area contributed by atoms with E-state index in [0.29, 0.717) is 0 Å². The first-order chi connectivity index (χ1) is 12.8. The monoisotopic (exact) mass is 354 g/mol. The average molecular weight is 355 g/mol. The van der Waals surface area contributed by atoms with Crippen LogP contribution >= 0.6 is 0 Å². The number of unbranched alkanes of at least 4 members (excludes halogenated alkanes) is 7. The fraction of sp³-hybridized carbons (Fsp3) is 0.565. The van der Waals surface area contributed by atoms with Gasteiger partial charge in [0.05, 0.1) is 18.0 Å². The summed E-state index contributed by atoms with van der Waals surface area (Å²) in [6.45, 7) is 5.27. The van der Waals surface area contributed by atoms with Gasteiger partial charge in [-0.1, -0.05) is 58.8 Å². The molecule has 0 spiro atoms. The maximum atomic E-state index is 5.84. The number of hydrogen-bond acceptors (Lipinski definition) is 3. The van der Waals surface area contributed by atoms with Crippen LogP contribution in [0.4, 0.5) is 0 Å². The number of rotatable bonds is 13. The van der Waals surface area contributed by atoms with E-state index in [0.717, 1.165) is 42.1 Å². The fourth-order valence-corrected chi connectivity index (χ4v) is 3.00. The average Bonchev–Trinajstić information content (AvgIpc) is 2.69. The van der Waals surface area contributed by atoms with E-state index in [-0.39, 0.29) is 0 Å². The minimum absolute atomic E-state index is 0.803. The number of benzene rings is 1. The summed E-state index contributed by atoms with van der Waals surface area (Å²) in [5.74, 6) is 0.937. The molecule has 0 aliphatic rings. The molecule has 0 bridgehead atoms. The lowest BCUT2D eigenvalue weighted by Gasteiger charge is -2.07. The van der Waals surface area contributed by atoms with Crippen molar-refractivity contribution in [3.05, 3.63) is 42.1 Å². The maximum Gasteiger partial charge on any atom is 0.119 e. The van der Waals surface area contributed by atoms with Crippen LogP contribution in [0.15, 0.2) is 36.4 Å². The van der Waals surface area contributed by atoms with Gasteiger partial charge in [-0.15, -0.1) is 0 Å². The van der Waals surface area contributed by atoms with Crippen LogP contribution in [-0.2, 0) is 6.42 Å². The van der Waals surface area contributed by atoms with E-state index in [2.05, 4.69) is 48.3 Å². The molecule has 3 nitrogen and oxygen atoms in total. The molecule has 142 valence electrons. The quantitative estimate of drug-likeness (QED) is 0.379. The summed E-state index contributed by atoms with van der Waals surface area (Å²) in [7, 11) is 0. The van der Waals surface area contributed by atoms with Crippen molar-refractivity contribution >= 4 is 0 Å². The standard InChI is InChI=1S/C23H34N2O/c1-3-5-7-8-9-11-19-26-22-16-13-20(14-17-22)23-18-15-21(24-25-23)12-10-6-4-2/h13-18H,3-12,19H2,1-2H3. The van der Waals surface area contributed by atoms with Gasteiger partial charge in [-0.3, -0.25) is 0 Å². The molecule has 1 heterocycles. The molecule has 0 radical (unpaired) electrons. The highest BCUT2D eigenvalue weighted by Crippen LogP contribution is 2.21. The van der Waals surface area contributed by atoms with Crippen molar-refractivity contribution in [3.8, 4) is 17.0 Å². The van der Waals surface area contributed by atoms with Gasteiger partial charge >= 0.3 is 0 Å². The van der Waals surface area contributed by atoms with Crippen molar-refractivity contribution in [1.29, 1.82) is 0 Å². The summed E-state index contributed by atoms with van der Waals surface area (Å²) in [4.78, 5) is 0. The van der Waals surface area contributed by atoms with Gasteiger partial charge in [0.1, 0.15) is 5.75 Å². The molecule has 0 aliphatic heterocycles. The smallest absolute Gasteiger partial charge is 0.119 e. The molecular weight excluding hydrogens is 320 g/mol. The minimum Gasteiger partial charge on any atom is -0.494 e. The van der Waals surface area contributed by atoms with Crippen molar-refractivity contribution in [2.24, 2.45) is 0 Å². The molecule has 1 aromatic carbocycles. The van der Waals surface area contributed by atoms with Crippen LogP contribution in [0.25, 0.3) is 11.3 Å². The van der Waals surface area contributed by atoms with E-state index in [4.69, 9.17) is 4.74 Å². The van der Waals surface area contributed by atoms with Crippen molar-refractivity contribution in [3.63, 3.8) is 0 Å². The van der Waals surface area contributed by atoms with Gasteiger partial charge in [-0.25, -0.2) is 0 Å². The third-order valence-electron chi connectivity index (χ3n) is 4.67. The molecule has 0 fully saturated rings. The second-order valence-electron chi connectivity index (χ2n) is 7.01. The Bertz CT molecular complexity index is 593. The summed E-state index contributed by atoms with van der Waals surface area (Å²) < 4.78 is 5.84. The first-order valence-electron chi connectivity index (χ1n) is 10.4. The third kappa shape index (κ3) is 7.55. The van der Waals surface area contributed by atoms with Crippen LogP contribution in [0.2, 0.25) is 0 Å². The molecule has 0 amide bonds. The molecule has 0 saturated carbocycles. The van der Waals surface area contributed by atoms with Gasteiger partial charge in [0, 0.05) is 5.56 Å². The molecule has 2 aromatic rings. The molecule has 1 aromatic heterocycles. The maximum absolute atomic E-state index is 5.84. The number of aromatic nitrogens is 2. The minimum atomic E-state index is 0.803. The lowest BCUT2D eigenvalue weighted by Crippen LogP contribution is -1.97. The van der Waals surface area contributed by atoms with Gasteiger partial charge in [-0.2, -0.15) is 10.2 Å². The van der Waals surface area contributed by atoms with E-state index >= 15 is 0 Å². The van der Waals surface area contributed by atoms with Crippen molar-refractivity contribution in [2.45, 2.75) is 78.1 Å². The van der Waals surface area contributed by atoms with Crippen molar-refractivity contribution in [1.82, 2.24) is 10.2 Å². The SMILES string of the molecule is CCCCCCCCOc1ccc(-c2ccc(CCCCC)nn2)cc1. The highest BCUT2D eigenvalue weighted by Gasteiger charge is 2.02. The molecule has 0 saturated heterocycles. The van der Waals surface area contributed by atoms with Crippen molar-refractivity contribution in [2.75, 3.05) is 6.61 Å². The fourth-order valence-electron chi connectivity index (χ4n) is 3.00. The molecular formula is C23H34N2O. The van der Waals surface area contributed by atoms with Crippen LogP contribution in [0.5, 0.6) is 5.75 Å². The molecule has 0 N–H and O–H groups in total. The largest absolute Gasteiger partial charge is 0.494 e. The second-order valence-corrected chi connectivity index (χ2v) is 7.01. The number of ether oxygens (including phenoxy) is 1. The molecule has 0 aliphatic carbocycles. The van der Waals surface area contributed by atoms with Gasteiger partial charge < -0.3 is 4.74 Å². The van der Waals surface area contributed by atoms with E-state index in [1.165, 1.54) is 51.4 Å². The highest BCUT2D eigenvalue weighted by molar-refractivity contribution is 5.59. The van der Waals surface area contributed by atoms with Gasteiger partial charge in [0.25, 0.3) is 0 Å². The third-order valence-corrected chi connectivity index (χ3v) is 4.67. The van der Waals surface area contributed by atoms with Crippen LogP contribution in [0, 0.1) is 0 Å². The van der Waals surface area contributed by atoms with Gasteiger partial charge in [0.2, 0.25) is 0 Å². The summed E-state index contributed by atoms with van der Waals surface area (Å²) in [5, 5.41) is 8.74. The predicted octanol–water partition coefficient (Wildman–Crippen LogP) is 6.62. The summed E-state index contributed by atoms with van der Waals surface area (Å²) in [6, 6.07) is 12.4. The van der Waals surface area contributed by atoms with Crippen LogP contribution < -0.4 is 4.74 Å². The zero-order valence-electron chi connectivity index (χ0n) is 16.5. The lowest BCUT2D eigenvalue weighted by atomic mass is 10.1. The Hall–Kier alpha value is -1.90. The van der Waals surface area contributed by atoms with E-state index < -0.39 is 0 Å². The van der Waals surface area contributed by atoms with Crippen LogP contribution in [0.3, 0.4) is 0 Å². The summed E-state index contributed by atoms with van der Waals surface area (Å²) in [5.41, 5.74) is 3.09. The topological polar surface area (TPSA) is 35.0 Å². The first-order valence-corrected chi connectivity index (χ1v) is 10.4. The normalized spacial score (nSPS) is 10.8. The highest BCUT2D eigenvalue weighted by atomic mass is 16.5. The Balaban J connectivity index is 1.74. The van der Waals surface area contributed by atoms with Crippen LogP contribution in [-0.4, -0.2) is 16.8 Å². The Morgan fingerprint density at radius 1 is 0.692 bits per heavy atom. The molecule has 0 unspecified atom stereocenters. The lowest BCUT2D eigenvalue weighted by molar-refractivity contribution is 0.304. The molecule has 2 rings (SSSR count). The first kappa shape index (κ1) is 20.4. The summed E-state index contributed by atoms with van der Waals surface area (Å²) in [6.07, 6.45) is 12.4. The van der Waals surface area contributed by atoms with E-state index in [9.17, 15) is 0 Å². The molecule has 3 heteroatoms. The molecule has 26 heavy (non-hydrogen) atoms. The zero-order valence-corrected chi connectivity index (χ0v) is 16.5. The van der Waals surface area contributed by atoms with Crippen molar-refractivity contribution < 1.29 is 4.74 Å². The van der Waals surface area contributed by atoms with Gasteiger partial charge in [-0.05, 0) is 55.7 Å². The molecule has 0 atom stereocenters. The van der Waals surface area contributed by atoms with Gasteiger partial charge in [0.15, 0.2) is 0 Å². The Morgan fingerprint density at radius 3 is 2.08 bits per heavy atom. The van der Waals surface area contributed by atoms with Crippen LogP contribution in [0.1, 0.15) is 77.3 Å². The predicted molar refractivity (Wildman–Crippen MR) is 110 cm³/mol. The zero-order chi connectivity index (χ0) is 18.5. The van der Waals surface area contributed by atoms with E-state index in [1.54, 1.807) is 0 Å². The Morgan fingerprint density at radius 2 is 1.38 bits per heavy atom. The van der Waals surface area contributed by atoms with E-state index in [1.807, 2.05) is 12.1 Å². The number of nitrogens with zero attached hydrogens (tertiary/aromatic N) is 2. The summed E-state index contributed by atoms with van der Waals surface area (Å²) >= 11 is 0. The Kier molecular flexibility index (Phi) is 9.78. The Labute approximate surface area is 159 Å². The second kappa shape index (κ2) is 12.5. The number of aryl methyl sites for hydroxylation is 1. The number of hydrogen-bond donors (Lipinski definition) is 0.